The van der Waals surface area contributed by atoms with Crippen LogP contribution in [0.3, 0.4) is 0 Å². The van der Waals surface area contributed by atoms with Gasteiger partial charge in [-0.25, -0.2) is 14.6 Å². The van der Waals surface area contributed by atoms with Gasteiger partial charge in [-0.2, -0.15) is 0 Å². The molecule has 0 bridgehead atoms. The number of ether oxygens (including phenoxy) is 1. The molecule has 0 aliphatic rings. The van der Waals surface area contributed by atoms with Crippen LogP contribution in [0.15, 0.2) is 83.5 Å². The van der Waals surface area contributed by atoms with Crippen molar-refractivity contribution in [1.29, 1.82) is 0 Å². The van der Waals surface area contributed by atoms with Crippen LogP contribution in [0.2, 0.25) is 0 Å². The van der Waals surface area contributed by atoms with Gasteiger partial charge in [0, 0.05) is 5.38 Å². The molecule has 0 unspecified atom stereocenters. The van der Waals surface area contributed by atoms with Crippen molar-refractivity contribution in [2.45, 2.75) is 6.10 Å². The SMILES string of the molecule is C=C(ON=C(C(=O)O)c1csc(N)n1)C(=O)OC(c1ccccc1)c1ccccc1. The van der Waals surface area contributed by atoms with Crippen molar-refractivity contribution >= 4 is 34.1 Å². The Balaban J connectivity index is 1.77. The summed E-state index contributed by atoms with van der Waals surface area (Å²) in [5.74, 6) is -2.76. The van der Waals surface area contributed by atoms with Crippen molar-refractivity contribution in [3.8, 4) is 0 Å². The maximum atomic E-state index is 12.5. The van der Waals surface area contributed by atoms with E-state index in [1.807, 2.05) is 60.7 Å². The minimum Gasteiger partial charge on any atom is -0.476 e. The summed E-state index contributed by atoms with van der Waals surface area (Å²) in [7, 11) is 0. The third-order valence-electron chi connectivity index (χ3n) is 3.87. The fourth-order valence-electron chi connectivity index (χ4n) is 2.49. The van der Waals surface area contributed by atoms with E-state index in [4.69, 9.17) is 15.3 Å². The number of esters is 1. The van der Waals surface area contributed by atoms with Gasteiger partial charge < -0.3 is 20.4 Å². The Bertz CT molecular complexity index is 1040. The predicted octanol–water partition coefficient (Wildman–Crippen LogP) is 3.38. The number of nitrogen functional groups attached to an aromatic ring is 1. The first-order valence-corrected chi connectivity index (χ1v) is 9.53. The second kappa shape index (κ2) is 9.48. The quantitative estimate of drug-likeness (QED) is 0.187. The summed E-state index contributed by atoms with van der Waals surface area (Å²) in [6.07, 6.45) is -0.707. The molecule has 1 aromatic heterocycles. The van der Waals surface area contributed by atoms with Crippen molar-refractivity contribution < 1.29 is 24.3 Å². The molecule has 0 atom stereocenters. The van der Waals surface area contributed by atoms with Gasteiger partial charge in [-0.15, -0.1) is 11.3 Å². The van der Waals surface area contributed by atoms with E-state index in [1.54, 1.807) is 0 Å². The van der Waals surface area contributed by atoms with Crippen molar-refractivity contribution in [2.75, 3.05) is 5.73 Å². The Morgan fingerprint density at radius 3 is 2.10 bits per heavy atom. The van der Waals surface area contributed by atoms with Crippen LogP contribution in [0.4, 0.5) is 5.13 Å². The molecule has 0 saturated heterocycles. The average molecular weight is 423 g/mol. The van der Waals surface area contributed by atoms with Crippen LogP contribution in [0, 0.1) is 0 Å². The number of nitrogens with two attached hydrogens (primary N) is 1. The van der Waals surface area contributed by atoms with Gasteiger partial charge in [0.1, 0.15) is 5.69 Å². The third-order valence-corrected chi connectivity index (χ3v) is 4.55. The fourth-order valence-corrected chi connectivity index (χ4v) is 3.03. The number of carbonyl (C=O) groups is 2. The topological polar surface area (TPSA) is 124 Å². The molecular formula is C21H17N3O5S. The number of oxime groups is 1. The summed E-state index contributed by atoms with van der Waals surface area (Å²) < 4.78 is 5.57. The monoisotopic (exact) mass is 423 g/mol. The summed E-state index contributed by atoms with van der Waals surface area (Å²) in [5, 5.41) is 14.4. The highest BCUT2D eigenvalue weighted by molar-refractivity contribution is 7.13. The van der Waals surface area contributed by atoms with Crippen molar-refractivity contribution in [1.82, 2.24) is 4.98 Å². The Labute approximate surface area is 175 Å². The lowest BCUT2D eigenvalue weighted by atomic mass is 10.0. The Morgan fingerprint density at radius 1 is 1.07 bits per heavy atom. The summed E-state index contributed by atoms with van der Waals surface area (Å²) >= 11 is 1.05. The molecule has 30 heavy (non-hydrogen) atoms. The predicted molar refractivity (Wildman–Crippen MR) is 112 cm³/mol. The number of carbonyl (C=O) groups excluding carboxylic acids is 1. The van der Waals surface area contributed by atoms with Crippen LogP contribution in [0.1, 0.15) is 22.9 Å². The lowest BCUT2D eigenvalue weighted by Crippen LogP contribution is -2.18. The van der Waals surface area contributed by atoms with Gasteiger partial charge in [-0.3, -0.25) is 0 Å². The first-order chi connectivity index (χ1) is 14.5. The minimum atomic E-state index is -1.40. The number of carboxylic acid groups (broad SMARTS) is 1. The molecule has 0 fully saturated rings. The second-order valence-electron chi connectivity index (χ2n) is 5.94. The number of anilines is 1. The van der Waals surface area contributed by atoms with E-state index in [0.717, 1.165) is 22.5 Å². The average Bonchev–Trinajstić information content (AvgIpc) is 3.18. The molecule has 8 nitrogen and oxygen atoms in total. The smallest absolute Gasteiger partial charge is 0.377 e. The van der Waals surface area contributed by atoms with Gasteiger partial charge in [-0.1, -0.05) is 65.8 Å². The van der Waals surface area contributed by atoms with Gasteiger partial charge in [0.05, 0.1) is 0 Å². The largest absolute Gasteiger partial charge is 0.476 e. The van der Waals surface area contributed by atoms with E-state index in [1.165, 1.54) is 5.38 Å². The number of carboxylic acids is 1. The zero-order valence-corrected chi connectivity index (χ0v) is 16.4. The maximum absolute atomic E-state index is 12.5. The maximum Gasteiger partial charge on any atom is 0.377 e. The summed E-state index contributed by atoms with van der Waals surface area (Å²) in [6.45, 7) is 3.49. The van der Waals surface area contributed by atoms with Crippen molar-refractivity contribution in [3.63, 3.8) is 0 Å². The molecule has 0 radical (unpaired) electrons. The first-order valence-electron chi connectivity index (χ1n) is 8.65. The summed E-state index contributed by atoms with van der Waals surface area (Å²) in [6, 6.07) is 18.3. The summed E-state index contributed by atoms with van der Waals surface area (Å²) in [4.78, 5) is 32.7. The van der Waals surface area contributed by atoms with E-state index in [9.17, 15) is 14.7 Å². The van der Waals surface area contributed by atoms with E-state index < -0.39 is 29.5 Å². The Hall–Kier alpha value is -3.98. The highest BCUT2D eigenvalue weighted by atomic mass is 32.1. The molecule has 9 heteroatoms. The van der Waals surface area contributed by atoms with Gasteiger partial charge in [0.25, 0.3) is 0 Å². The summed E-state index contributed by atoms with van der Waals surface area (Å²) in [5.41, 5.74) is 6.51. The molecule has 1 heterocycles. The molecule has 152 valence electrons. The zero-order chi connectivity index (χ0) is 21.5. The number of rotatable bonds is 8. The highest BCUT2D eigenvalue weighted by Gasteiger charge is 2.23. The minimum absolute atomic E-state index is 0.0117. The zero-order valence-electron chi connectivity index (χ0n) is 15.6. The highest BCUT2D eigenvalue weighted by Crippen LogP contribution is 2.27. The standard InChI is InChI=1S/C21H17N3O5S/c1-13(29-24-17(19(25)26)16-12-30-21(22)23-16)20(27)28-18(14-8-4-2-5-9-14)15-10-6-3-7-11-15/h2-12,18H,1H2,(H2,22,23)(H,25,26). The third kappa shape index (κ3) is 5.09. The molecule has 2 aromatic carbocycles. The Kier molecular flexibility index (Phi) is 6.56. The number of thiazole rings is 1. The number of aliphatic carboxylic acids is 1. The van der Waals surface area contributed by atoms with Crippen molar-refractivity contribution in [3.05, 3.63) is 95.2 Å². The number of benzene rings is 2. The van der Waals surface area contributed by atoms with Gasteiger partial charge >= 0.3 is 11.9 Å². The van der Waals surface area contributed by atoms with Crippen LogP contribution in [0.5, 0.6) is 0 Å². The van der Waals surface area contributed by atoms with E-state index in [-0.39, 0.29) is 10.8 Å². The molecule has 0 saturated carbocycles. The normalized spacial score (nSPS) is 11.2. The Morgan fingerprint density at radius 2 is 1.63 bits per heavy atom. The van der Waals surface area contributed by atoms with Crippen LogP contribution in [-0.2, 0) is 19.2 Å². The van der Waals surface area contributed by atoms with Crippen LogP contribution < -0.4 is 5.73 Å². The molecule has 0 aliphatic heterocycles. The lowest BCUT2D eigenvalue weighted by Gasteiger charge is -2.18. The molecular weight excluding hydrogens is 406 g/mol. The van der Waals surface area contributed by atoms with E-state index >= 15 is 0 Å². The number of aromatic nitrogens is 1. The fraction of sp³-hybridized carbons (Fsp3) is 0.0476. The molecule has 0 amide bonds. The second-order valence-corrected chi connectivity index (χ2v) is 6.83. The molecule has 3 rings (SSSR count). The molecule has 0 spiro atoms. The number of hydrogen-bond acceptors (Lipinski definition) is 8. The number of nitrogens with zero attached hydrogens (tertiary/aromatic N) is 2. The van der Waals surface area contributed by atoms with Crippen LogP contribution in [0.25, 0.3) is 0 Å². The van der Waals surface area contributed by atoms with Gasteiger partial charge in [0.2, 0.25) is 11.5 Å². The first kappa shape index (κ1) is 20.7. The van der Waals surface area contributed by atoms with Gasteiger partial charge in [-0.05, 0) is 17.7 Å². The van der Waals surface area contributed by atoms with E-state index in [0.29, 0.717) is 0 Å². The van der Waals surface area contributed by atoms with Gasteiger partial charge in [0.15, 0.2) is 11.2 Å². The molecule has 3 N–H and O–H groups in total. The van der Waals surface area contributed by atoms with Crippen molar-refractivity contribution in [2.24, 2.45) is 5.16 Å². The van der Waals surface area contributed by atoms with Crippen LogP contribution >= 0.6 is 11.3 Å². The van der Waals surface area contributed by atoms with Crippen LogP contribution in [-0.4, -0.2) is 27.7 Å². The van der Waals surface area contributed by atoms with E-state index in [2.05, 4.69) is 16.7 Å². The molecule has 3 aromatic rings. The lowest BCUT2D eigenvalue weighted by molar-refractivity contribution is -0.147. The molecule has 0 aliphatic carbocycles. The number of hydrogen-bond donors (Lipinski definition) is 2.